The highest BCUT2D eigenvalue weighted by Crippen LogP contribution is 2.55. The van der Waals surface area contributed by atoms with Crippen LogP contribution in [0.2, 0.25) is 0 Å². The summed E-state index contributed by atoms with van der Waals surface area (Å²) in [4.78, 5) is 0. The van der Waals surface area contributed by atoms with E-state index in [0.29, 0.717) is 12.8 Å². The summed E-state index contributed by atoms with van der Waals surface area (Å²) in [6.07, 6.45) is 3.82. The van der Waals surface area contributed by atoms with Crippen LogP contribution in [0.1, 0.15) is 59.8 Å². The van der Waals surface area contributed by atoms with Crippen LogP contribution in [0.15, 0.2) is 0 Å². The lowest BCUT2D eigenvalue weighted by Crippen LogP contribution is -2.57. The molecular formula is C15H28O3. The van der Waals surface area contributed by atoms with Gasteiger partial charge < -0.3 is 15.3 Å². The van der Waals surface area contributed by atoms with Crippen molar-refractivity contribution in [3.05, 3.63) is 0 Å². The summed E-state index contributed by atoms with van der Waals surface area (Å²) in [5, 5.41) is 32.3. The van der Waals surface area contributed by atoms with E-state index >= 15 is 0 Å². The van der Waals surface area contributed by atoms with E-state index in [1.807, 2.05) is 27.7 Å². The van der Waals surface area contributed by atoms with E-state index in [1.165, 1.54) is 0 Å². The van der Waals surface area contributed by atoms with Crippen LogP contribution in [0.5, 0.6) is 0 Å². The average Bonchev–Trinajstić information content (AvgIpc) is 2.41. The summed E-state index contributed by atoms with van der Waals surface area (Å²) in [5.41, 5.74) is -2.79. The van der Waals surface area contributed by atoms with Crippen LogP contribution in [0, 0.1) is 17.8 Å². The van der Waals surface area contributed by atoms with Gasteiger partial charge in [0.15, 0.2) is 0 Å². The smallest absolute Gasteiger partial charge is 0.0965 e. The largest absolute Gasteiger partial charge is 0.390 e. The van der Waals surface area contributed by atoms with Crippen LogP contribution in [-0.4, -0.2) is 32.1 Å². The SMILES string of the molecule is C[C@@H]1CC[C@@]2(O)[C@@H](C)CC[C@@H](C(C)(C)O)C[C@@]12O. The fourth-order valence-corrected chi connectivity index (χ4v) is 4.14. The van der Waals surface area contributed by atoms with Gasteiger partial charge in [-0.1, -0.05) is 13.8 Å². The molecule has 2 fully saturated rings. The molecule has 2 aliphatic carbocycles. The van der Waals surface area contributed by atoms with E-state index in [1.54, 1.807) is 0 Å². The van der Waals surface area contributed by atoms with Crippen molar-refractivity contribution >= 4 is 0 Å². The quantitative estimate of drug-likeness (QED) is 0.673. The van der Waals surface area contributed by atoms with Crippen molar-refractivity contribution < 1.29 is 15.3 Å². The first-order valence-electron chi connectivity index (χ1n) is 7.28. The van der Waals surface area contributed by atoms with E-state index < -0.39 is 16.8 Å². The van der Waals surface area contributed by atoms with E-state index in [-0.39, 0.29) is 17.8 Å². The number of fused-ring (bicyclic) bond motifs is 1. The summed E-state index contributed by atoms with van der Waals surface area (Å²) in [5.74, 6) is 0.257. The molecule has 3 heteroatoms. The predicted octanol–water partition coefficient (Wildman–Crippen LogP) is 2.09. The van der Waals surface area contributed by atoms with Gasteiger partial charge in [-0.15, -0.1) is 0 Å². The van der Waals surface area contributed by atoms with Crippen molar-refractivity contribution in [2.45, 2.75) is 76.6 Å². The molecule has 0 heterocycles. The molecule has 0 spiro atoms. The lowest BCUT2D eigenvalue weighted by molar-refractivity contribution is -0.180. The third-order valence-electron chi connectivity index (χ3n) is 5.84. The maximum atomic E-state index is 11.1. The first-order valence-corrected chi connectivity index (χ1v) is 7.28. The van der Waals surface area contributed by atoms with Crippen molar-refractivity contribution in [1.29, 1.82) is 0 Å². The first kappa shape index (κ1) is 14.3. The average molecular weight is 256 g/mol. The molecule has 0 unspecified atom stereocenters. The van der Waals surface area contributed by atoms with E-state index in [2.05, 4.69) is 0 Å². The third kappa shape index (κ3) is 1.91. The van der Waals surface area contributed by atoms with Gasteiger partial charge in [-0.3, -0.25) is 0 Å². The molecule has 3 N–H and O–H groups in total. The molecule has 5 atom stereocenters. The van der Waals surface area contributed by atoms with Gasteiger partial charge >= 0.3 is 0 Å². The van der Waals surface area contributed by atoms with Gasteiger partial charge in [0.05, 0.1) is 16.8 Å². The van der Waals surface area contributed by atoms with Crippen LogP contribution in [0.25, 0.3) is 0 Å². The second-order valence-electron chi connectivity index (χ2n) is 7.32. The Labute approximate surface area is 110 Å². The molecule has 0 aromatic rings. The first-order chi connectivity index (χ1) is 8.11. The molecule has 2 aliphatic rings. The van der Waals surface area contributed by atoms with Crippen LogP contribution < -0.4 is 0 Å². The normalized spacial score (nSPS) is 49.8. The monoisotopic (exact) mass is 256 g/mol. The van der Waals surface area contributed by atoms with Crippen molar-refractivity contribution in [3.8, 4) is 0 Å². The Hall–Kier alpha value is -0.120. The maximum absolute atomic E-state index is 11.1. The van der Waals surface area contributed by atoms with Crippen molar-refractivity contribution in [2.24, 2.45) is 17.8 Å². The summed E-state index contributed by atoms with van der Waals surface area (Å²) in [6.45, 7) is 7.69. The van der Waals surface area contributed by atoms with Gasteiger partial charge in [0, 0.05) is 0 Å². The summed E-state index contributed by atoms with van der Waals surface area (Å²) in [7, 11) is 0. The van der Waals surface area contributed by atoms with Crippen LogP contribution in [-0.2, 0) is 0 Å². The van der Waals surface area contributed by atoms with E-state index in [4.69, 9.17) is 0 Å². The Morgan fingerprint density at radius 2 is 1.50 bits per heavy atom. The second kappa shape index (κ2) is 4.19. The summed E-state index contributed by atoms with van der Waals surface area (Å²) in [6, 6.07) is 0. The molecule has 0 bridgehead atoms. The van der Waals surface area contributed by atoms with E-state index in [9.17, 15) is 15.3 Å². The molecule has 106 valence electrons. The lowest BCUT2D eigenvalue weighted by Gasteiger charge is -2.44. The lowest BCUT2D eigenvalue weighted by atomic mass is 9.71. The molecule has 0 aromatic heterocycles. The topological polar surface area (TPSA) is 60.7 Å². The highest BCUT2D eigenvalue weighted by atomic mass is 16.4. The zero-order valence-corrected chi connectivity index (χ0v) is 12.1. The number of aliphatic hydroxyl groups is 3. The highest BCUT2D eigenvalue weighted by molar-refractivity contribution is 5.13. The standard InChI is InChI=1S/C15H28O3/c1-10-5-6-12(13(3,4)16)9-15(18)11(2)7-8-14(10,15)17/h10-12,16-18H,5-9H2,1-4H3/t10-,11+,12+,14+,15+/m0/s1. The maximum Gasteiger partial charge on any atom is 0.0965 e. The molecule has 2 rings (SSSR count). The minimum absolute atomic E-state index is 0.0551. The molecular weight excluding hydrogens is 228 g/mol. The minimum Gasteiger partial charge on any atom is -0.390 e. The Morgan fingerprint density at radius 1 is 0.944 bits per heavy atom. The summed E-state index contributed by atoms with van der Waals surface area (Å²) >= 11 is 0. The summed E-state index contributed by atoms with van der Waals surface area (Å²) < 4.78 is 0. The number of rotatable bonds is 1. The fraction of sp³-hybridized carbons (Fsp3) is 1.00. The van der Waals surface area contributed by atoms with Gasteiger partial charge in [-0.05, 0) is 63.7 Å². The molecule has 3 nitrogen and oxygen atoms in total. The molecule has 18 heavy (non-hydrogen) atoms. The molecule has 2 saturated carbocycles. The number of hydrogen-bond acceptors (Lipinski definition) is 3. The molecule has 0 aromatic carbocycles. The number of hydrogen-bond donors (Lipinski definition) is 3. The Morgan fingerprint density at radius 3 is 2.06 bits per heavy atom. The van der Waals surface area contributed by atoms with Gasteiger partial charge in [0.2, 0.25) is 0 Å². The van der Waals surface area contributed by atoms with Gasteiger partial charge in [-0.25, -0.2) is 0 Å². The van der Waals surface area contributed by atoms with Gasteiger partial charge in [-0.2, -0.15) is 0 Å². The minimum atomic E-state index is -1.03. The molecule has 0 aliphatic heterocycles. The third-order valence-corrected chi connectivity index (χ3v) is 5.84. The van der Waals surface area contributed by atoms with Gasteiger partial charge in [0.25, 0.3) is 0 Å². The Bertz CT molecular complexity index is 322. The molecule has 0 saturated heterocycles. The Kier molecular flexibility index (Phi) is 3.33. The van der Waals surface area contributed by atoms with Gasteiger partial charge in [0.1, 0.15) is 0 Å². The van der Waals surface area contributed by atoms with Crippen LogP contribution in [0.3, 0.4) is 0 Å². The fourth-order valence-electron chi connectivity index (χ4n) is 4.14. The van der Waals surface area contributed by atoms with Crippen molar-refractivity contribution in [1.82, 2.24) is 0 Å². The molecule has 0 amide bonds. The zero-order chi connectivity index (χ0) is 13.8. The Balaban J connectivity index is 2.36. The zero-order valence-electron chi connectivity index (χ0n) is 12.1. The second-order valence-corrected chi connectivity index (χ2v) is 7.32. The van der Waals surface area contributed by atoms with E-state index in [0.717, 1.165) is 19.3 Å². The van der Waals surface area contributed by atoms with Crippen molar-refractivity contribution in [3.63, 3.8) is 0 Å². The predicted molar refractivity (Wildman–Crippen MR) is 71.1 cm³/mol. The van der Waals surface area contributed by atoms with Crippen molar-refractivity contribution in [2.75, 3.05) is 0 Å². The molecule has 0 radical (unpaired) electrons. The van der Waals surface area contributed by atoms with Crippen LogP contribution in [0.4, 0.5) is 0 Å². The highest BCUT2D eigenvalue weighted by Gasteiger charge is 2.61. The van der Waals surface area contributed by atoms with Crippen LogP contribution >= 0.6 is 0 Å².